The molecule has 1 aliphatic rings. The Hall–Kier alpha value is -0.120. The van der Waals surface area contributed by atoms with Crippen LogP contribution in [0.1, 0.15) is 39.5 Å². The Labute approximate surface area is 94.0 Å². The van der Waals surface area contributed by atoms with E-state index >= 15 is 0 Å². The first kappa shape index (κ1) is 12.9. The lowest BCUT2D eigenvalue weighted by Gasteiger charge is -2.35. The molecule has 1 unspecified atom stereocenters. The van der Waals surface area contributed by atoms with Crippen LogP contribution in [0.25, 0.3) is 0 Å². The lowest BCUT2D eigenvalue weighted by Crippen LogP contribution is -2.42. The van der Waals surface area contributed by atoms with Gasteiger partial charge in [0.2, 0.25) is 0 Å². The first-order valence-corrected chi connectivity index (χ1v) is 6.29. The van der Waals surface area contributed by atoms with Crippen LogP contribution >= 0.6 is 0 Å². The molecule has 1 aliphatic heterocycles. The monoisotopic (exact) mass is 214 g/mol. The molecule has 90 valence electrons. The molecule has 0 spiro atoms. The summed E-state index contributed by atoms with van der Waals surface area (Å²) >= 11 is 0. The molecule has 1 atom stereocenters. The molecule has 0 aromatic heterocycles. The van der Waals surface area contributed by atoms with Crippen molar-refractivity contribution in [1.82, 2.24) is 4.90 Å². The average Bonchev–Trinajstić information content (AvgIpc) is 2.20. The topological polar surface area (TPSA) is 38.5 Å². The normalized spacial score (nSPS) is 23.6. The van der Waals surface area contributed by atoms with Gasteiger partial charge in [0.15, 0.2) is 0 Å². The van der Waals surface area contributed by atoms with Crippen LogP contribution in [-0.4, -0.2) is 43.3 Å². The largest absolute Gasteiger partial charge is 0.377 e. The SMILES string of the molecule is CC(C)OCCN1CCCCC1CCN. The molecule has 0 aliphatic carbocycles. The van der Waals surface area contributed by atoms with Crippen molar-refractivity contribution in [3.05, 3.63) is 0 Å². The van der Waals surface area contributed by atoms with E-state index in [0.717, 1.165) is 26.1 Å². The van der Waals surface area contributed by atoms with Crippen LogP contribution in [0.4, 0.5) is 0 Å². The summed E-state index contributed by atoms with van der Waals surface area (Å²) in [7, 11) is 0. The third kappa shape index (κ3) is 4.96. The summed E-state index contributed by atoms with van der Waals surface area (Å²) in [6.07, 6.45) is 5.51. The molecule has 3 heteroatoms. The zero-order valence-corrected chi connectivity index (χ0v) is 10.2. The van der Waals surface area contributed by atoms with Gasteiger partial charge >= 0.3 is 0 Å². The second-order valence-electron chi connectivity index (χ2n) is 4.68. The molecular weight excluding hydrogens is 188 g/mol. The number of hydrogen-bond acceptors (Lipinski definition) is 3. The minimum Gasteiger partial charge on any atom is -0.377 e. The van der Waals surface area contributed by atoms with Gasteiger partial charge in [0, 0.05) is 12.6 Å². The maximum absolute atomic E-state index is 5.64. The Morgan fingerprint density at radius 2 is 2.20 bits per heavy atom. The van der Waals surface area contributed by atoms with E-state index in [-0.39, 0.29) is 0 Å². The molecule has 3 nitrogen and oxygen atoms in total. The fourth-order valence-corrected chi connectivity index (χ4v) is 2.28. The number of piperidine rings is 1. The van der Waals surface area contributed by atoms with E-state index in [1.165, 1.54) is 25.8 Å². The van der Waals surface area contributed by atoms with E-state index in [0.29, 0.717) is 12.1 Å². The summed E-state index contributed by atoms with van der Waals surface area (Å²) in [5.74, 6) is 0. The van der Waals surface area contributed by atoms with Crippen LogP contribution in [0.5, 0.6) is 0 Å². The molecule has 1 rings (SSSR count). The fourth-order valence-electron chi connectivity index (χ4n) is 2.28. The van der Waals surface area contributed by atoms with E-state index in [1.807, 2.05) is 0 Å². The van der Waals surface area contributed by atoms with Crippen molar-refractivity contribution in [1.29, 1.82) is 0 Å². The number of nitrogens with two attached hydrogens (primary N) is 1. The Balaban J connectivity index is 2.23. The minimum atomic E-state index is 0.350. The van der Waals surface area contributed by atoms with Gasteiger partial charge in [-0.2, -0.15) is 0 Å². The van der Waals surface area contributed by atoms with Crippen molar-refractivity contribution < 1.29 is 4.74 Å². The predicted molar refractivity (Wildman–Crippen MR) is 64.0 cm³/mol. The van der Waals surface area contributed by atoms with Gasteiger partial charge in [-0.15, -0.1) is 0 Å². The Kier molecular flexibility index (Phi) is 6.22. The molecule has 0 radical (unpaired) electrons. The highest BCUT2D eigenvalue weighted by Crippen LogP contribution is 2.18. The average molecular weight is 214 g/mol. The molecular formula is C12H26N2O. The van der Waals surface area contributed by atoms with Gasteiger partial charge in [0.25, 0.3) is 0 Å². The smallest absolute Gasteiger partial charge is 0.0597 e. The standard InChI is InChI=1S/C12H26N2O/c1-11(2)15-10-9-14-8-4-3-5-12(14)6-7-13/h11-12H,3-10,13H2,1-2H3. The summed E-state index contributed by atoms with van der Waals surface area (Å²) < 4.78 is 5.60. The van der Waals surface area contributed by atoms with Crippen molar-refractivity contribution >= 4 is 0 Å². The van der Waals surface area contributed by atoms with Gasteiger partial charge in [0.1, 0.15) is 0 Å². The van der Waals surface area contributed by atoms with Crippen LogP contribution in [0.3, 0.4) is 0 Å². The molecule has 0 amide bonds. The summed E-state index contributed by atoms with van der Waals surface area (Å²) in [6.45, 7) is 8.15. The third-order valence-electron chi connectivity index (χ3n) is 3.08. The molecule has 1 saturated heterocycles. The summed E-state index contributed by atoms with van der Waals surface area (Å²) in [5, 5.41) is 0. The van der Waals surface area contributed by atoms with Crippen molar-refractivity contribution in [3.63, 3.8) is 0 Å². The highest BCUT2D eigenvalue weighted by atomic mass is 16.5. The number of nitrogens with zero attached hydrogens (tertiary/aromatic N) is 1. The minimum absolute atomic E-state index is 0.350. The van der Waals surface area contributed by atoms with E-state index in [4.69, 9.17) is 10.5 Å². The molecule has 0 aromatic carbocycles. The van der Waals surface area contributed by atoms with E-state index in [1.54, 1.807) is 0 Å². The second-order valence-corrected chi connectivity index (χ2v) is 4.68. The highest BCUT2D eigenvalue weighted by Gasteiger charge is 2.20. The predicted octanol–water partition coefficient (Wildman–Crippen LogP) is 1.61. The Bertz CT molecular complexity index is 160. The molecule has 1 heterocycles. The maximum Gasteiger partial charge on any atom is 0.0597 e. The molecule has 2 N–H and O–H groups in total. The number of rotatable bonds is 6. The molecule has 0 aromatic rings. The molecule has 0 bridgehead atoms. The van der Waals surface area contributed by atoms with E-state index in [9.17, 15) is 0 Å². The van der Waals surface area contributed by atoms with E-state index in [2.05, 4.69) is 18.7 Å². The van der Waals surface area contributed by atoms with Crippen molar-refractivity contribution in [3.8, 4) is 0 Å². The first-order valence-electron chi connectivity index (χ1n) is 6.29. The van der Waals surface area contributed by atoms with Crippen molar-refractivity contribution in [2.75, 3.05) is 26.2 Å². The Morgan fingerprint density at radius 3 is 2.87 bits per heavy atom. The lowest BCUT2D eigenvalue weighted by atomic mass is 9.99. The van der Waals surface area contributed by atoms with Crippen LogP contribution < -0.4 is 5.73 Å². The maximum atomic E-state index is 5.64. The number of hydrogen-bond donors (Lipinski definition) is 1. The van der Waals surface area contributed by atoms with Crippen LogP contribution in [-0.2, 0) is 4.74 Å². The molecule has 1 fully saturated rings. The van der Waals surface area contributed by atoms with Gasteiger partial charge in [-0.1, -0.05) is 6.42 Å². The Morgan fingerprint density at radius 1 is 1.40 bits per heavy atom. The second kappa shape index (κ2) is 7.20. The van der Waals surface area contributed by atoms with Crippen molar-refractivity contribution in [2.45, 2.75) is 51.7 Å². The zero-order chi connectivity index (χ0) is 11.1. The van der Waals surface area contributed by atoms with Crippen LogP contribution in [0.2, 0.25) is 0 Å². The van der Waals surface area contributed by atoms with Crippen LogP contribution in [0.15, 0.2) is 0 Å². The van der Waals surface area contributed by atoms with E-state index < -0.39 is 0 Å². The quantitative estimate of drug-likeness (QED) is 0.730. The molecule has 15 heavy (non-hydrogen) atoms. The van der Waals surface area contributed by atoms with Gasteiger partial charge in [0.05, 0.1) is 12.7 Å². The van der Waals surface area contributed by atoms with Gasteiger partial charge in [-0.05, 0) is 46.2 Å². The highest BCUT2D eigenvalue weighted by molar-refractivity contribution is 4.76. The van der Waals surface area contributed by atoms with Crippen molar-refractivity contribution in [2.24, 2.45) is 5.73 Å². The number of ether oxygens (including phenoxy) is 1. The molecule has 0 saturated carbocycles. The number of likely N-dealkylation sites (tertiary alicyclic amines) is 1. The fraction of sp³-hybridized carbons (Fsp3) is 1.00. The first-order chi connectivity index (χ1) is 7.24. The summed E-state index contributed by atoms with van der Waals surface area (Å²) in [5.41, 5.74) is 5.64. The lowest BCUT2D eigenvalue weighted by molar-refractivity contribution is 0.0390. The third-order valence-corrected chi connectivity index (χ3v) is 3.08. The summed E-state index contributed by atoms with van der Waals surface area (Å²) in [6, 6.07) is 0.708. The zero-order valence-electron chi connectivity index (χ0n) is 10.2. The van der Waals surface area contributed by atoms with Gasteiger partial charge < -0.3 is 10.5 Å². The summed E-state index contributed by atoms with van der Waals surface area (Å²) in [4.78, 5) is 2.55. The van der Waals surface area contributed by atoms with Gasteiger partial charge in [-0.3, -0.25) is 4.90 Å². The van der Waals surface area contributed by atoms with Gasteiger partial charge in [-0.25, -0.2) is 0 Å². The van der Waals surface area contributed by atoms with Crippen LogP contribution in [0, 0.1) is 0 Å².